The van der Waals surface area contributed by atoms with Crippen molar-refractivity contribution in [1.29, 1.82) is 0 Å². The Bertz CT molecular complexity index is 800. The van der Waals surface area contributed by atoms with Gasteiger partial charge in [0.25, 0.3) is 0 Å². The van der Waals surface area contributed by atoms with Crippen molar-refractivity contribution < 1.29 is 28.5 Å². The molecule has 0 atom stereocenters. The maximum Gasteiger partial charge on any atom is 0.338 e. The summed E-state index contributed by atoms with van der Waals surface area (Å²) in [5.74, 6) is -0.188. The van der Waals surface area contributed by atoms with Gasteiger partial charge in [-0.05, 0) is 19.1 Å². The van der Waals surface area contributed by atoms with Gasteiger partial charge in [-0.2, -0.15) is 0 Å². The third kappa shape index (κ3) is 3.38. The molecule has 2 aromatic rings. The van der Waals surface area contributed by atoms with E-state index in [0.717, 1.165) is 0 Å². The fourth-order valence-electron chi connectivity index (χ4n) is 2.37. The van der Waals surface area contributed by atoms with Crippen LogP contribution in [0.1, 0.15) is 24.2 Å². The Hall–Kier alpha value is -2.47. The number of benzene rings is 2. The first-order chi connectivity index (χ1) is 11.4. The van der Waals surface area contributed by atoms with Crippen LogP contribution in [0.3, 0.4) is 0 Å². The molecule has 0 fully saturated rings. The first-order valence-electron chi connectivity index (χ1n) is 7.16. The molecule has 7 heteroatoms. The summed E-state index contributed by atoms with van der Waals surface area (Å²) in [4.78, 5) is 23.5. The van der Waals surface area contributed by atoms with E-state index in [-0.39, 0.29) is 17.9 Å². The van der Waals surface area contributed by atoms with Gasteiger partial charge < -0.3 is 18.9 Å². The van der Waals surface area contributed by atoms with Crippen LogP contribution in [-0.2, 0) is 9.53 Å². The molecule has 0 radical (unpaired) electrons. The van der Waals surface area contributed by atoms with Gasteiger partial charge in [-0.1, -0.05) is 11.6 Å². The summed E-state index contributed by atoms with van der Waals surface area (Å²) in [5, 5.41) is 1.25. The van der Waals surface area contributed by atoms with Gasteiger partial charge in [0.2, 0.25) is 0 Å². The fraction of sp³-hybridized carbons (Fsp3) is 0.294. The molecule has 0 N–H and O–H groups in total. The van der Waals surface area contributed by atoms with Gasteiger partial charge in [0, 0.05) is 18.4 Å². The number of halogens is 1. The molecule has 0 saturated carbocycles. The van der Waals surface area contributed by atoms with Crippen molar-refractivity contribution in [3.8, 4) is 17.2 Å². The van der Waals surface area contributed by atoms with E-state index in [1.54, 1.807) is 19.1 Å². The maximum absolute atomic E-state index is 12.1. The molecule has 0 bridgehead atoms. The molecule has 0 spiro atoms. The highest BCUT2D eigenvalue weighted by atomic mass is 35.5. The number of rotatable bonds is 5. The molecule has 0 aliphatic rings. The Labute approximate surface area is 144 Å². The Morgan fingerprint density at radius 1 is 1.08 bits per heavy atom. The third-order valence-electron chi connectivity index (χ3n) is 3.26. The summed E-state index contributed by atoms with van der Waals surface area (Å²) in [6, 6.07) is 4.55. The minimum Gasteiger partial charge on any atom is -0.496 e. The molecule has 24 heavy (non-hydrogen) atoms. The Morgan fingerprint density at radius 3 is 2.33 bits per heavy atom. The van der Waals surface area contributed by atoms with Crippen LogP contribution in [0.25, 0.3) is 10.8 Å². The number of carbonyl (C=O) groups is 2. The molecule has 128 valence electrons. The average Bonchev–Trinajstić information content (AvgIpc) is 2.53. The number of esters is 2. The van der Waals surface area contributed by atoms with Crippen molar-refractivity contribution in [2.24, 2.45) is 0 Å². The minimum atomic E-state index is -0.547. The van der Waals surface area contributed by atoms with Crippen molar-refractivity contribution in [2.45, 2.75) is 13.8 Å². The Balaban J connectivity index is 2.86. The summed E-state index contributed by atoms with van der Waals surface area (Å²) >= 11 is 6.21. The van der Waals surface area contributed by atoms with Crippen LogP contribution in [0.2, 0.25) is 5.02 Å². The molecule has 2 aromatic carbocycles. The predicted molar refractivity (Wildman–Crippen MR) is 89.3 cm³/mol. The molecule has 0 aliphatic carbocycles. The van der Waals surface area contributed by atoms with Crippen LogP contribution in [0.4, 0.5) is 0 Å². The second-order valence-corrected chi connectivity index (χ2v) is 5.21. The van der Waals surface area contributed by atoms with E-state index in [0.29, 0.717) is 27.3 Å². The lowest BCUT2D eigenvalue weighted by Crippen LogP contribution is -2.08. The largest absolute Gasteiger partial charge is 0.496 e. The normalized spacial score (nSPS) is 10.4. The summed E-state index contributed by atoms with van der Waals surface area (Å²) in [6.45, 7) is 3.19. The van der Waals surface area contributed by atoms with Gasteiger partial charge in [-0.3, -0.25) is 4.79 Å². The smallest absolute Gasteiger partial charge is 0.338 e. The molecule has 6 nitrogen and oxygen atoms in total. The number of ether oxygens (including phenoxy) is 4. The standard InChI is InChI=1S/C17H17ClO6/c1-5-23-17(20)10-6-11-15(14(7-10)24-9(2)19)13(21-3)8-12(18)16(11)22-4/h6-8H,5H2,1-4H3. The lowest BCUT2D eigenvalue weighted by molar-refractivity contribution is -0.131. The Kier molecular flexibility index (Phi) is 5.51. The van der Waals surface area contributed by atoms with Gasteiger partial charge in [0.05, 0.1) is 36.8 Å². The van der Waals surface area contributed by atoms with Gasteiger partial charge in [-0.15, -0.1) is 0 Å². The predicted octanol–water partition coefficient (Wildman–Crippen LogP) is 3.61. The highest BCUT2D eigenvalue weighted by Crippen LogP contribution is 2.44. The molecule has 2 rings (SSSR count). The molecule has 0 aliphatic heterocycles. The second-order valence-electron chi connectivity index (χ2n) is 4.80. The molecule has 0 heterocycles. The van der Waals surface area contributed by atoms with E-state index in [2.05, 4.69) is 0 Å². The fourth-order valence-corrected chi connectivity index (χ4v) is 2.64. The lowest BCUT2D eigenvalue weighted by Gasteiger charge is -2.16. The molecule has 0 amide bonds. The molecule has 0 unspecified atom stereocenters. The van der Waals surface area contributed by atoms with Gasteiger partial charge >= 0.3 is 11.9 Å². The van der Waals surface area contributed by atoms with E-state index < -0.39 is 11.9 Å². The molecule has 0 aromatic heterocycles. The number of hydrogen-bond donors (Lipinski definition) is 0. The van der Waals surface area contributed by atoms with Gasteiger partial charge in [-0.25, -0.2) is 4.79 Å². The summed E-state index contributed by atoms with van der Waals surface area (Å²) in [6.07, 6.45) is 0. The van der Waals surface area contributed by atoms with Crippen molar-refractivity contribution in [3.63, 3.8) is 0 Å². The number of hydrogen-bond acceptors (Lipinski definition) is 6. The van der Waals surface area contributed by atoms with E-state index in [9.17, 15) is 9.59 Å². The van der Waals surface area contributed by atoms with Crippen LogP contribution in [0, 0.1) is 0 Å². The van der Waals surface area contributed by atoms with Crippen LogP contribution >= 0.6 is 11.6 Å². The summed E-state index contributed by atoms with van der Waals surface area (Å²) in [7, 11) is 2.92. The van der Waals surface area contributed by atoms with E-state index in [1.807, 2.05) is 0 Å². The summed E-state index contributed by atoms with van der Waals surface area (Å²) in [5.41, 5.74) is 0.211. The zero-order valence-corrected chi connectivity index (χ0v) is 14.5. The SMILES string of the molecule is CCOC(=O)c1cc(OC(C)=O)c2c(OC)cc(Cl)c(OC)c2c1. The summed E-state index contributed by atoms with van der Waals surface area (Å²) < 4.78 is 20.9. The monoisotopic (exact) mass is 352 g/mol. The zero-order chi connectivity index (χ0) is 17.9. The number of carbonyl (C=O) groups excluding carboxylic acids is 2. The van der Waals surface area contributed by atoms with Gasteiger partial charge in [0.15, 0.2) is 0 Å². The maximum atomic E-state index is 12.1. The highest BCUT2D eigenvalue weighted by Gasteiger charge is 2.21. The minimum absolute atomic E-state index is 0.162. The highest BCUT2D eigenvalue weighted by molar-refractivity contribution is 6.34. The van der Waals surface area contributed by atoms with Crippen molar-refractivity contribution in [3.05, 3.63) is 28.8 Å². The second kappa shape index (κ2) is 7.40. The van der Waals surface area contributed by atoms with E-state index >= 15 is 0 Å². The first-order valence-corrected chi connectivity index (χ1v) is 7.54. The van der Waals surface area contributed by atoms with Crippen molar-refractivity contribution in [1.82, 2.24) is 0 Å². The zero-order valence-electron chi connectivity index (χ0n) is 13.8. The van der Waals surface area contributed by atoms with Crippen molar-refractivity contribution in [2.75, 3.05) is 20.8 Å². The molecular formula is C17H17ClO6. The number of methoxy groups -OCH3 is 2. The van der Waals surface area contributed by atoms with E-state index in [1.165, 1.54) is 27.2 Å². The van der Waals surface area contributed by atoms with Crippen LogP contribution in [0.5, 0.6) is 17.2 Å². The first kappa shape index (κ1) is 17.9. The molecule has 0 saturated heterocycles. The lowest BCUT2D eigenvalue weighted by atomic mass is 10.0. The number of fused-ring (bicyclic) bond motifs is 1. The molecular weight excluding hydrogens is 336 g/mol. The van der Waals surface area contributed by atoms with Gasteiger partial charge in [0.1, 0.15) is 17.2 Å². The Morgan fingerprint density at radius 2 is 1.79 bits per heavy atom. The van der Waals surface area contributed by atoms with Crippen LogP contribution in [-0.4, -0.2) is 32.8 Å². The van der Waals surface area contributed by atoms with Crippen LogP contribution < -0.4 is 14.2 Å². The topological polar surface area (TPSA) is 71.1 Å². The average molecular weight is 353 g/mol. The van der Waals surface area contributed by atoms with Crippen LogP contribution in [0.15, 0.2) is 18.2 Å². The third-order valence-corrected chi connectivity index (χ3v) is 3.54. The van der Waals surface area contributed by atoms with Crippen molar-refractivity contribution >= 4 is 34.3 Å². The quantitative estimate of drug-likeness (QED) is 0.604. The van der Waals surface area contributed by atoms with E-state index in [4.69, 9.17) is 30.5 Å².